The molecule has 0 spiro atoms. The summed E-state index contributed by atoms with van der Waals surface area (Å²) in [4.78, 5) is 17.5. The van der Waals surface area contributed by atoms with Crippen LogP contribution < -0.4 is 10.0 Å². The number of hydrogen-bond donors (Lipinski definition) is 2. The van der Waals surface area contributed by atoms with E-state index in [4.69, 9.17) is 16.6 Å². The molecule has 1 aromatic carbocycles. The molecule has 2 heterocycles. The van der Waals surface area contributed by atoms with E-state index >= 15 is 0 Å². The average molecular weight is 543 g/mol. The molecule has 0 bridgehead atoms. The number of thioether (sulfide) groups is 1. The van der Waals surface area contributed by atoms with Gasteiger partial charge in [-0.15, -0.1) is 10.2 Å². The van der Waals surface area contributed by atoms with E-state index in [9.17, 15) is 18.5 Å². The summed E-state index contributed by atoms with van der Waals surface area (Å²) in [5.74, 6) is 0.309. The summed E-state index contributed by atoms with van der Waals surface area (Å²) in [6.45, 7) is 3.93. The number of carbonyl (C=O) groups excluding carboxylic acids is 1. The normalized spacial score (nSPS) is 15.9. The average Bonchev–Trinajstić information content (AvgIpc) is 2.85. The van der Waals surface area contributed by atoms with Crippen molar-refractivity contribution in [2.75, 3.05) is 10.0 Å². The Hall–Kier alpha value is -3.20. The van der Waals surface area contributed by atoms with Crippen molar-refractivity contribution in [1.29, 1.82) is 5.26 Å². The highest BCUT2D eigenvalue weighted by atomic mass is 35.5. The van der Waals surface area contributed by atoms with Gasteiger partial charge in [0.15, 0.2) is 11.0 Å². The van der Waals surface area contributed by atoms with Crippen molar-refractivity contribution >= 4 is 50.8 Å². The van der Waals surface area contributed by atoms with Gasteiger partial charge in [0.05, 0.1) is 15.7 Å². The van der Waals surface area contributed by atoms with Gasteiger partial charge in [0.2, 0.25) is 5.91 Å². The number of benzene rings is 1. The van der Waals surface area contributed by atoms with Crippen LogP contribution in [-0.4, -0.2) is 34.8 Å². The van der Waals surface area contributed by atoms with E-state index in [1.807, 2.05) is 6.07 Å². The first-order valence-electron chi connectivity index (χ1n) is 11.2. The van der Waals surface area contributed by atoms with Crippen molar-refractivity contribution in [2.45, 2.75) is 48.3 Å². The number of nitriles is 1. The van der Waals surface area contributed by atoms with Gasteiger partial charge in [-0.1, -0.05) is 30.3 Å². The summed E-state index contributed by atoms with van der Waals surface area (Å²) in [7, 11) is -3.90. The van der Waals surface area contributed by atoms with Crippen LogP contribution in [0, 0.1) is 17.2 Å². The van der Waals surface area contributed by atoms with Crippen LogP contribution in [0.3, 0.4) is 0 Å². The maximum absolute atomic E-state index is 12.8. The third-order valence-electron chi connectivity index (χ3n) is 5.68. The summed E-state index contributed by atoms with van der Waals surface area (Å²) in [6, 6.07) is 12.7. The van der Waals surface area contributed by atoms with E-state index < -0.39 is 15.3 Å². The number of halogens is 1. The quantitative estimate of drug-likeness (QED) is 0.418. The first-order valence-corrected chi connectivity index (χ1v) is 13.9. The highest BCUT2D eigenvalue weighted by Gasteiger charge is 2.23. The third kappa shape index (κ3) is 6.13. The van der Waals surface area contributed by atoms with Crippen molar-refractivity contribution < 1.29 is 13.2 Å². The molecule has 2 unspecified atom stereocenters. The number of carbonyl (C=O) groups is 1. The molecule has 1 amide bonds. The summed E-state index contributed by atoms with van der Waals surface area (Å²) in [6.07, 6.45) is 2.83. The minimum atomic E-state index is -3.90. The Bertz CT molecular complexity index is 1420. The SMILES string of the molecule is CC1CCc2nc(SC(C)C(=O)Nc3ccc(S(=O)(=O)Nc4ccc(Cl)nn4)cc3)c(C#N)cc2C1. The molecular weight excluding hydrogens is 520 g/mol. The zero-order valence-electron chi connectivity index (χ0n) is 19.5. The maximum Gasteiger partial charge on any atom is 0.263 e. The Labute approximate surface area is 218 Å². The van der Waals surface area contributed by atoms with E-state index in [-0.39, 0.29) is 21.8 Å². The minimum Gasteiger partial charge on any atom is -0.325 e. The second-order valence-corrected chi connectivity index (χ2v) is 11.9. The molecule has 2 N–H and O–H groups in total. The number of aryl methyl sites for hydroxylation is 1. The summed E-state index contributed by atoms with van der Waals surface area (Å²) in [5.41, 5.74) is 3.02. The number of amides is 1. The van der Waals surface area contributed by atoms with Crippen LogP contribution in [-0.2, 0) is 27.7 Å². The van der Waals surface area contributed by atoms with Gasteiger partial charge in [-0.3, -0.25) is 9.52 Å². The van der Waals surface area contributed by atoms with Gasteiger partial charge >= 0.3 is 0 Å². The number of nitrogens with one attached hydrogen (secondary N) is 2. The highest BCUT2D eigenvalue weighted by molar-refractivity contribution is 8.00. The molecular formula is C24H23ClN6O3S2. The zero-order chi connectivity index (χ0) is 25.9. The molecule has 4 rings (SSSR count). The van der Waals surface area contributed by atoms with Crippen LogP contribution >= 0.6 is 23.4 Å². The van der Waals surface area contributed by atoms with Crippen molar-refractivity contribution in [1.82, 2.24) is 15.2 Å². The van der Waals surface area contributed by atoms with E-state index in [1.165, 1.54) is 48.2 Å². The molecule has 2 aromatic heterocycles. The summed E-state index contributed by atoms with van der Waals surface area (Å²) >= 11 is 6.90. The fourth-order valence-electron chi connectivity index (χ4n) is 3.75. The Morgan fingerprint density at radius 1 is 1.22 bits per heavy atom. The van der Waals surface area contributed by atoms with E-state index in [1.54, 1.807) is 6.92 Å². The lowest BCUT2D eigenvalue weighted by Crippen LogP contribution is -2.23. The first-order chi connectivity index (χ1) is 17.1. The lowest BCUT2D eigenvalue weighted by atomic mass is 9.87. The van der Waals surface area contributed by atoms with Gasteiger partial charge < -0.3 is 5.32 Å². The lowest BCUT2D eigenvalue weighted by Gasteiger charge is -2.22. The number of sulfonamides is 1. The van der Waals surface area contributed by atoms with E-state index in [2.05, 4.69) is 33.2 Å². The standard InChI is InChI=1S/C24H23ClN6O3S2/c1-14-3-8-20-16(11-14)12-17(13-26)24(28-20)35-15(2)23(32)27-18-4-6-19(7-5-18)36(33,34)31-22-10-9-21(25)29-30-22/h4-7,9-10,12,14-15H,3,8,11H2,1-2H3,(H,27,32)(H,30,31). The predicted octanol–water partition coefficient (Wildman–Crippen LogP) is 4.44. The largest absolute Gasteiger partial charge is 0.325 e. The van der Waals surface area contributed by atoms with Crippen molar-refractivity contribution in [2.24, 2.45) is 5.92 Å². The molecule has 0 saturated heterocycles. The van der Waals surface area contributed by atoms with Crippen molar-refractivity contribution in [3.05, 3.63) is 64.4 Å². The Balaban J connectivity index is 1.41. The molecule has 0 aliphatic heterocycles. The predicted molar refractivity (Wildman–Crippen MR) is 138 cm³/mol. The Morgan fingerprint density at radius 2 is 1.97 bits per heavy atom. The molecule has 36 heavy (non-hydrogen) atoms. The van der Waals surface area contributed by atoms with Crippen molar-refractivity contribution in [3.8, 4) is 6.07 Å². The van der Waals surface area contributed by atoms with Crippen LogP contribution in [0.1, 0.15) is 37.1 Å². The van der Waals surface area contributed by atoms with Gasteiger partial charge in [-0.2, -0.15) is 5.26 Å². The van der Waals surface area contributed by atoms with Gasteiger partial charge in [0.1, 0.15) is 11.1 Å². The first kappa shape index (κ1) is 25.9. The minimum absolute atomic E-state index is 0.00841. The number of pyridine rings is 1. The number of nitrogens with zero attached hydrogens (tertiary/aromatic N) is 4. The van der Waals surface area contributed by atoms with Crippen LogP contribution in [0.2, 0.25) is 5.15 Å². The molecule has 1 aliphatic rings. The molecule has 0 radical (unpaired) electrons. The molecule has 0 saturated carbocycles. The topological polar surface area (TPSA) is 138 Å². The molecule has 12 heteroatoms. The fourth-order valence-corrected chi connectivity index (χ4v) is 5.74. The van der Waals surface area contributed by atoms with Gasteiger partial charge in [0.25, 0.3) is 10.0 Å². The zero-order valence-corrected chi connectivity index (χ0v) is 21.9. The van der Waals surface area contributed by atoms with Gasteiger partial charge in [-0.25, -0.2) is 13.4 Å². The lowest BCUT2D eigenvalue weighted by molar-refractivity contribution is -0.115. The Morgan fingerprint density at radius 3 is 2.64 bits per heavy atom. The van der Waals surface area contributed by atoms with Crippen LogP contribution in [0.5, 0.6) is 0 Å². The Kier molecular flexibility index (Phi) is 7.78. The smallest absolute Gasteiger partial charge is 0.263 e. The second-order valence-electron chi connectivity index (χ2n) is 8.53. The molecule has 1 aliphatic carbocycles. The second kappa shape index (κ2) is 10.8. The highest BCUT2D eigenvalue weighted by Crippen LogP contribution is 2.31. The van der Waals surface area contributed by atoms with E-state index in [0.29, 0.717) is 22.2 Å². The van der Waals surface area contributed by atoms with Crippen LogP contribution in [0.15, 0.2) is 52.4 Å². The maximum atomic E-state index is 12.8. The molecule has 9 nitrogen and oxygen atoms in total. The molecule has 186 valence electrons. The molecule has 2 atom stereocenters. The number of anilines is 2. The van der Waals surface area contributed by atoms with E-state index in [0.717, 1.165) is 30.5 Å². The molecule has 0 fully saturated rings. The number of rotatable bonds is 7. The summed E-state index contributed by atoms with van der Waals surface area (Å²) < 4.78 is 27.5. The number of hydrogen-bond acceptors (Lipinski definition) is 8. The summed E-state index contributed by atoms with van der Waals surface area (Å²) in [5, 5.41) is 19.8. The monoisotopic (exact) mass is 542 g/mol. The van der Waals surface area contributed by atoms with Crippen LogP contribution in [0.4, 0.5) is 11.5 Å². The van der Waals surface area contributed by atoms with Gasteiger partial charge in [0, 0.05) is 11.4 Å². The van der Waals surface area contributed by atoms with Crippen LogP contribution in [0.25, 0.3) is 0 Å². The fraction of sp³-hybridized carbons (Fsp3) is 0.292. The van der Waals surface area contributed by atoms with Crippen molar-refractivity contribution in [3.63, 3.8) is 0 Å². The number of fused-ring (bicyclic) bond motifs is 1. The molecule has 3 aromatic rings. The van der Waals surface area contributed by atoms with Gasteiger partial charge in [-0.05, 0) is 80.1 Å². The number of aromatic nitrogens is 3. The third-order valence-corrected chi connectivity index (χ3v) is 8.35.